The molecule has 0 aliphatic heterocycles. The molecule has 21 heavy (non-hydrogen) atoms. The van der Waals surface area contributed by atoms with Gasteiger partial charge in [0.15, 0.2) is 6.04 Å². The van der Waals surface area contributed by atoms with E-state index in [0.29, 0.717) is 17.0 Å². The average molecular weight is 326 g/mol. The summed E-state index contributed by atoms with van der Waals surface area (Å²) in [5, 5.41) is 13.0. The second-order valence-corrected chi connectivity index (χ2v) is 5.07. The zero-order valence-electron chi connectivity index (χ0n) is 11.1. The molecule has 2 N–H and O–H groups in total. The molecule has 0 spiro atoms. The molecule has 2 rings (SSSR count). The zero-order valence-corrected chi connectivity index (χ0v) is 12.7. The zero-order chi connectivity index (χ0) is 15.4. The molecular formula is C15H13Cl2NO3. The number of para-hydroxylation sites is 2. The molecule has 110 valence electrons. The lowest BCUT2D eigenvalue weighted by atomic mass is 10.1. The monoisotopic (exact) mass is 325 g/mol. The second kappa shape index (κ2) is 6.70. The van der Waals surface area contributed by atoms with E-state index >= 15 is 0 Å². The summed E-state index contributed by atoms with van der Waals surface area (Å²) < 4.78 is 5.20. The van der Waals surface area contributed by atoms with Crippen molar-refractivity contribution < 1.29 is 14.6 Å². The van der Waals surface area contributed by atoms with Crippen molar-refractivity contribution in [2.45, 2.75) is 6.04 Å². The number of hydrogen-bond donors (Lipinski definition) is 2. The molecule has 0 saturated heterocycles. The number of carboxylic acid groups (broad SMARTS) is 1. The van der Waals surface area contributed by atoms with Crippen molar-refractivity contribution in [1.29, 1.82) is 0 Å². The highest BCUT2D eigenvalue weighted by molar-refractivity contribution is 6.36. The van der Waals surface area contributed by atoms with Crippen molar-refractivity contribution in [2.75, 3.05) is 12.4 Å². The first-order valence-corrected chi connectivity index (χ1v) is 6.86. The van der Waals surface area contributed by atoms with Gasteiger partial charge in [-0.3, -0.25) is 0 Å². The number of nitrogens with one attached hydrogen (secondary N) is 1. The second-order valence-electron chi connectivity index (χ2n) is 4.25. The summed E-state index contributed by atoms with van der Waals surface area (Å²) in [6.07, 6.45) is 0. The predicted molar refractivity (Wildman–Crippen MR) is 83.5 cm³/mol. The third kappa shape index (κ3) is 3.40. The van der Waals surface area contributed by atoms with Crippen LogP contribution in [0, 0.1) is 0 Å². The van der Waals surface area contributed by atoms with Crippen molar-refractivity contribution in [2.24, 2.45) is 0 Å². The van der Waals surface area contributed by atoms with Crippen LogP contribution >= 0.6 is 23.2 Å². The van der Waals surface area contributed by atoms with Gasteiger partial charge in [0, 0.05) is 15.6 Å². The van der Waals surface area contributed by atoms with Gasteiger partial charge in [-0.2, -0.15) is 0 Å². The molecule has 1 unspecified atom stereocenters. The summed E-state index contributed by atoms with van der Waals surface area (Å²) in [5.41, 5.74) is 0.864. The molecule has 0 saturated carbocycles. The smallest absolute Gasteiger partial charge is 0.330 e. The summed E-state index contributed by atoms with van der Waals surface area (Å²) in [4.78, 5) is 11.6. The molecule has 4 nitrogen and oxygen atoms in total. The van der Waals surface area contributed by atoms with E-state index in [-0.39, 0.29) is 10.0 Å². The number of carbonyl (C=O) groups is 1. The van der Waals surface area contributed by atoms with Crippen LogP contribution in [-0.4, -0.2) is 18.2 Å². The van der Waals surface area contributed by atoms with E-state index in [2.05, 4.69) is 5.32 Å². The van der Waals surface area contributed by atoms with Crippen molar-refractivity contribution in [3.8, 4) is 5.75 Å². The molecule has 1 atom stereocenters. The van der Waals surface area contributed by atoms with Gasteiger partial charge < -0.3 is 15.2 Å². The van der Waals surface area contributed by atoms with Gasteiger partial charge in [-0.15, -0.1) is 0 Å². The molecule has 0 heterocycles. The Morgan fingerprint density at radius 2 is 1.76 bits per heavy atom. The number of aliphatic carboxylic acids is 1. The minimum absolute atomic E-state index is 0.289. The van der Waals surface area contributed by atoms with Gasteiger partial charge >= 0.3 is 5.97 Å². The molecule has 0 aliphatic rings. The maximum absolute atomic E-state index is 11.6. The van der Waals surface area contributed by atoms with Crippen molar-refractivity contribution in [3.63, 3.8) is 0 Å². The molecule has 0 aromatic heterocycles. The van der Waals surface area contributed by atoms with Crippen LogP contribution in [0.4, 0.5) is 5.69 Å². The Bertz CT molecular complexity index is 641. The Hall–Kier alpha value is -1.91. The third-order valence-corrected chi connectivity index (χ3v) is 3.60. The van der Waals surface area contributed by atoms with Crippen molar-refractivity contribution >= 4 is 34.9 Å². The van der Waals surface area contributed by atoms with Gasteiger partial charge in [-0.25, -0.2) is 4.79 Å². The largest absolute Gasteiger partial charge is 0.495 e. The van der Waals surface area contributed by atoms with E-state index in [0.717, 1.165) is 0 Å². The first-order valence-electron chi connectivity index (χ1n) is 6.11. The number of benzene rings is 2. The number of hydrogen-bond acceptors (Lipinski definition) is 3. The number of anilines is 1. The lowest BCUT2D eigenvalue weighted by Gasteiger charge is -2.20. The molecule has 0 amide bonds. The fourth-order valence-corrected chi connectivity index (χ4v) is 2.58. The Morgan fingerprint density at radius 1 is 1.14 bits per heavy atom. The van der Waals surface area contributed by atoms with Crippen LogP contribution in [-0.2, 0) is 4.79 Å². The number of rotatable bonds is 5. The van der Waals surface area contributed by atoms with Crippen molar-refractivity contribution in [1.82, 2.24) is 0 Å². The minimum atomic E-state index is -1.09. The minimum Gasteiger partial charge on any atom is -0.495 e. The lowest BCUT2D eigenvalue weighted by molar-refractivity contribution is -0.138. The highest BCUT2D eigenvalue weighted by Crippen LogP contribution is 2.34. The van der Waals surface area contributed by atoms with Gasteiger partial charge in [-0.1, -0.05) is 41.4 Å². The molecule has 0 fully saturated rings. The molecule has 0 aliphatic carbocycles. The van der Waals surface area contributed by atoms with Gasteiger partial charge in [0.2, 0.25) is 0 Å². The molecule has 0 radical (unpaired) electrons. The highest BCUT2D eigenvalue weighted by atomic mass is 35.5. The van der Waals surface area contributed by atoms with Crippen LogP contribution < -0.4 is 10.1 Å². The van der Waals surface area contributed by atoms with Crippen molar-refractivity contribution in [3.05, 3.63) is 58.1 Å². The SMILES string of the molecule is COc1ccccc1NC(C(=O)O)c1c(Cl)cccc1Cl. The lowest BCUT2D eigenvalue weighted by Crippen LogP contribution is -2.21. The Kier molecular flexibility index (Phi) is 4.94. The maximum Gasteiger partial charge on any atom is 0.330 e. The summed E-state index contributed by atoms with van der Waals surface area (Å²) in [6.45, 7) is 0. The van der Waals surface area contributed by atoms with Crippen LogP contribution in [0.15, 0.2) is 42.5 Å². The summed E-state index contributed by atoms with van der Waals surface area (Å²) in [7, 11) is 1.51. The number of methoxy groups -OCH3 is 1. The normalized spacial score (nSPS) is 11.8. The van der Waals surface area contributed by atoms with E-state index in [4.69, 9.17) is 27.9 Å². The standard InChI is InChI=1S/C15H13Cl2NO3/c1-21-12-8-3-2-7-11(12)18-14(15(19)20)13-9(16)5-4-6-10(13)17/h2-8,14,18H,1H3,(H,19,20). The van der Waals surface area contributed by atoms with Gasteiger partial charge in [-0.05, 0) is 24.3 Å². The Balaban J connectivity index is 2.43. The Morgan fingerprint density at radius 3 is 2.33 bits per heavy atom. The fraction of sp³-hybridized carbons (Fsp3) is 0.133. The Labute approximate surface area is 132 Å². The molecule has 6 heteroatoms. The van der Waals surface area contributed by atoms with E-state index in [9.17, 15) is 9.90 Å². The van der Waals surface area contributed by atoms with Crippen LogP contribution in [0.5, 0.6) is 5.75 Å². The summed E-state index contributed by atoms with van der Waals surface area (Å²) >= 11 is 12.2. The van der Waals surface area contributed by atoms with Crippen LogP contribution in [0.25, 0.3) is 0 Å². The molecule has 2 aromatic carbocycles. The number of ether oxygens (including phenoxy) is 1. The first-order chi connectivity index (χ1) is 10.0. The fourth-order valence-electron chi connectivity index (χ4n) is 1.96. The van der Waals surface area contributed by atoms with Crippen LogP contribution in [0.2, 0.25) is 10.0 Å². The quantitative estimate of drug-likeness (QED) is 0.863. The predicted octanol–water partition coefficient (Wildman–Crippen LogP) is 4.24. The van der Waals surface area contributed by atoms with Gasteiger partial charge in [0.1, 0.15) is 5.75 Å². The average Bonchev–Trinajstić information content (AvgIpc) is 2.46. The van der Waals surface area contributed by atoms with E-state index in [1.165, 1.54) is 7.11 Å². The van der Waals surface area contributed by atoms with Crippen LogP contribution in [0.3, 0.4) is 0 Å². The maximum atomic E-state index is 11.6. The molecular weight excluding hydrogens is 313 g/mol. The number of carboxylic acids is 1. The van der Waals surface area contributed by atoms with E-state index in [1.54, 1.807) is 42.5 Å². The molecule has 2 aromatic rings. The van der Waals surface area contributed by atoms with Gasteiger partial charge in [0.05, 0.1) is 12.8 Å². The van der Waals surface area contributed by atoms with E-state index in [1.807, 2.05) is 0 Å². The van der Waals surface area contributed by atoms with Crippen LogP contribution in [0.1, 0.15) is 11.6 Å². The highest BCUT2D eigenvalue weighted by Gasteiger charge is 2.25. The topological polar surface area (TPSA) is 58.6 Å². The van der Waals surface area contributed by atoms with E-state index < -0.39 is 12.0 Å². The summed E-state index contributed by atoms with van der Waals surface area (Å²) in [5.74, 6) is -0.553. The number of halogens is 2. The van der Waals surface area contributed by atoms with Gasteiger partial charge in [0.25, 0.3) is 0 Å². The third-order valence-electron chi connectivity index (χ3n) is 2.94. The summed E-state index contributed by atoms with van der Waals surface area (Å²) in [6, 6.07) is 10.8. The molecule has 0 bridgehead atoms. The first kappa shape index (κ1) is 15.5.